The van der Waals surface area contributed by atoms with Crippen molar-refractivity contribution in [3.63, 3.8) is 0 Å². The van der Waals surface area contributed by atoms with Crippen molar-refractivity contribution in [3.8, 4) is 0 Å². The maximum absolute atomic E-state index is 11.5. The second-order valence-electron chi connectivity index (χ2n) is 4.55. The Morgan fingerprint density at radius 2 is 1.95 bits per heavy atom. The number of nitrogens with one attached hydrogen (secondary N) is 1. The summed E-state index contributed by atoms with van der Waals surface area (Å²) >= 11 is 1.38. The van der Waals surface area contributed by atoms with Crippen molar-refractivity contribution in [1.29, 1.82) is 0 Å². The number of carboxylic acids is 1. The molecule has 114 valence electrons. The van der Waals surface area contributed by atoms with Crippen molar-refractivity contribution < 1.29 is 14.7 Å². The number of nitrogens with two attached hydrogens (primary N) is 1. The van der Waals surface area contributed by atoms with Gasteiger partial charge in [-0.15, -0.1) is 0 Å². The highest BCUT2D eigenvalue weighted by Gasteiger charge is 2.13. The van der Waals surface area contributed by atoms with E-state index < -0.39 is 5.97 Å². The third kappa shape index (κ3) is 3.79. The van der Waals surface area contributed by atoms with E-state index in [9.17, 15) is 14.7 Å². The summed E-state index contributed by atoms with van der Waals surface area (Å²) in [6.45, 7) is 1.71. The van der Waals surface area contributed by atoms with Crippen LogP contribution in [0.5, 0.6) is 0 Å². The molecule has 0 aliphatic carbocycles. The lowest BCUT2D eigenvalue weighted by atomic mass is 10.1. The van der Waals surface area contributed by atoms with E-state index in [0.29, 0.717) is 11.4 Å². The Morgan fingerprint density at radius 3 is 2.59 bits per heavy atom. The zero-order valence-corrected chi connectivity index (χ0v) is 12.8. The lowest BCUT2D eigenvalue weighted by molar-refractivity contribution is -0.115. The second kappa shape index (κ2) is 7.00. The van der Waals surface area contributed by atoms with Crippen LogP contribution < -0.4 is 11.1 Å². The molecule has 1 amide bonds. The number of rotatable bonds is 5. The SMILES string of the molecule is CCC(=O)Nc1ccc(Sc2ccccc2N)cc1C(=O)O. The number of carboxylic acid groups (broad SMARTS) is 1. The van der Waals surface area contributed by atoms with Gasteiger partial charge in [0.15, 0.2) is 0 Å². The Hall–Kier alpha value is -2.47. The van der Waals surface area contributed by atoms with E-state index in [1.807, 2.05) is 18.2 Å². The van der Waals surface area contributed by atoms with Gasteiger partial charge >= 0.3 is 5.97 Å². The van der Waals surface area contributed by atoms with E-state index >= 15 is 0 Å². The number of carbonyl (C=O) groups is 2. The quantitative estimate of drug-likeness (QED) is 0.735. The minimum absolute atomic E-state index is 0.0568. The second-order valence-corrected chi connectivity index (χ2v) is 5.67. The van der Waals surface area contributed by atoms with Crippen molar-refractivity contribution in [2.24, 2.45) is 0 Å². The van der Waals surface area contributed by atoms with Gasteiger partial charge < -0.3 is 16.2 Å². The van der Waals surface area contributed by atoms with Crippen LogP contribution in [0.4, 0.5) is 11.4 Å². The number of carbonyl (C=O) groups excluding carboxylic acids is 1. The Labute approximate surface area is 132 Å². The van der Waals surface area contributed by atoms with Crippen molar-refractivity contribution in [2.75, 3.05) is 11.1 Å². The summed E-state index contributed by atoms with van der Waals surface area (Å²) in [6, 6.07) is 12.2. The van der Waals surface area contributed by atoms with E-state index in [0.717, 1.165) is 9.79 Å². The van der Waals surface area contributed by atoms with Gasteiger partial charge in [-0.05, 0) is 30.3 Å². The summed E-state index contributed by atoms with van der Waals surface area (Å²) in [5.41, 5.74) is 6.87. The van der Waals surface area contributed by atoms with E-state index in [4.69, 9.17) is 5.73 Å². The minimum atomic E-state index is -1.09. The Bertz CT molecular complexity index is 716. The van der Waals surface area contributed by atoms with Gasteiger partial charge in [-0.1, -0.05) is 30.8 Å². The summed E-state index contributed by atoms with van der Waals surface area (Å²) in [7, 11) is 0. The molecule has 2 aromatic carbocycles. The molecule has 2 rings (SSSR count). The highest BCUT2D eigenvalue weighted by Crippen LogP contribution is 2.33. The molecule has 0 bridgehead atoms. The molecular weight excluding hydrogens is 300 g/mol. The lowest BCUT2D eigenvalue weighted by Crippen LogP contribution is -2.13. The number of hydrogen-bond donors (Lipinski definition) is 3. The van der Waals surface area contributed by atoms with E-state index in [2.05, 4.69) is 5.32 Å². The molecule has 0 saturated heterocycles. The Kier molecular flexibility index (Phi) is 5.06. The monoisotopic (exact) mass is 316 g/mol. The first-order valence-electron chi connectivity index (χ1n) is 6.70. The summed E-state index contributed by atoms with van der Waals surface area (Å²) in [5.74, 6) is -1.31. The third-order valence-corrected chi connectivity index (χ3v) is 4.04. The predicted molar refractivity (Wildman–Crippen MR) is 87.3 cm³/mol. The summed E-state index contributed by atoms with van der Waals surface area (Å²) in [4.78, 5) is 24.4. The van der Waals surface area contributed by atoms with Crippen molar-refractivity contribution in [2.45, 2.75) is 23.1 Å². The van der Waals surface area contributed by atoms with Crippen molar-refractivity contribution in [1.82, 2.24) is 0 Å². The molecule has 6 heteroatoms. The number of aromatic carboxylic acids is 1. The zero-order valence-electron chi connectivity index (χ0n) is 12.0. The lowest BCUT2D eigenvalue weighted by Gasteiger charge is -2.10. The van der Waals surface area contributed by atoms with Crippen LogP contribution >= 0.6 is 11.8 Å². The number of para-hydroxylation sites is 1. The first-order valence-corrected chi connectivity index (χ1v) is 7.52. The van der Waals surface area contributed by atoms with Gasteiger partial charge in [-0.25, -0.2) is 4.79 Å². The summed E-state index contributed by atoms with van der Waals surface area (Å²) in [6.07, 6.45) is 0.288. The molecule has 0 atom stereocenters. The van der Waals surface area contributed by atoms with Crippen LogP contribution in [0.3, 0.4) is 0 Å². The van der Waals surface area contributed by atoms with Gasteiger partial charge in [0, 0.05) is 21.9 Å². The fourth-order valence-corrected chi connectivity index (χ4v) is 2.71. The zero-order chi connectivity index (χ0) is 16.1. The van der Waals surface area contributed by atoms with Gasteiger partial charge in [-0.3, -0.25) is 4.79 Å². The van der Waals surface area contributed by atoms with Crippen LogP contribution in [0.25, 0.3) is 0 Å². The highest BCUT2D eigenvalue weighted by molar-refractivity contribution is 7.99. The van der Waals surface area contributed by atoms with Gasteiger partial charge in [0.05, 0.1) is 11.3 Å². The van der Waals surface area contributed by atoms with Crippen LogP contribution in [0, 0.1) is 0 Å². The molecule has 0 aliphatic heterocycles. The Morgan fingerprint density at radius 1 is 1.23 bits per heavy atom. The van der Waals surface area contributed by atoms with Crippen molar-refractivity contribution >= 4 is 35.0 Å². The average molecular weight is 316 g/mol. The molecule has 0 aliphatic rings. The van der Waals surface area contributed by atoms with Crippen LogP contribution in [0.1, 0.15) is 23.7 Å². The van der Waals surface area contributed by atoms with Crippen LogP contribution in [-0.4, -0.2) is 17.0 Å². The number of hydrogen-bond acceptors (Lipinski definition) is 4. The molecule has 2 aromatic rings. The van der Waals surface area contributed by atoms with Gasteiger partial charge in [0.25, 0.3) is 0 Å². The van der Waals surface area contributed by atoms with Gasteiger partial charge in [-0.2, -0.15) is 0 Å². The standard InChI is InChI=1S/C16H16N2O3S/c1-2-15(19)18-13-8-7-10(9-11(13)16(20)21)22-14-6-4-3-5-12(14)17/h3-9H,2,17H2,1H3,(H,18,19)(H,20,21). The fourth-order valence-electron chi connectivity index (χ4n) is 1.81. The number of anilines is 2. The first kappa shape index (κ1) is 15.9. The summed E-state index contributed by atoms with van der Waals surface area (Å²) < 4.78 is 0. The molecule has 0 heterocycles. The van der Waals surface area contributed by atoms with Crippen LogP contribution in [0.2, 0.25) is 0 Å². The number of benzene rings is 2. The highest BCUT2D eigenvalue weighted by atomic mass is 32.2. The molecule has 0 unspecified atom stereocenters. The maximum atomic E-state index is 11.5. The number of nitrogen functional groups attached to an aromatic ring is 1. The maximum Gasteiger partial charge on any atom is 0.337 e. The molecule has 4 N–H and O–H groups in total. The molecular formula is C16H16N2O3S. The molecule has 5 nitrogen and oxygen atoms in total. The molecule has 0 saturated carbocycles. The van der Waals surface area contributed by atoms with E-state index in [-0.39, 0.29) is 17.9 Å². The van der Waals surface area contributed by atoms with Gasteiger partial charge in [0.1, 0.15) is 0 Å². The van der Waals surface area contributed by atoms with Crippen LogP contribution in [0.15, 0.2) is 52.3 Å². The van der Waals surface area contributed by atoms with Gasteiger partial charge in [0.2, 0.25) is 5.91 Å². The smallest absolute Gasteiger partial charge is 0.337 e. The molecule has 0 aromatic heterocycles. The normalized spacial score (nSPS) is 10.2. The van der Waals surface area contributed by atoms with E-state index in [1.165, 1.54) is 17.8 Å². The molecule has 22 heavy (non-hydrogen) atoms. The largest absolute Gasteiger partial charge is 0.478 e. The summed E-state index contributed by atoms with van der Waals surface area (Å²) in [5, 5.41) is 11.9. The minimum Gasteiger partial charge on any atom is -0.478 e. The fraction of sp³-hybridized carbons (Fsp3) is 0.125. The predicted octanol–water partition coefficient (Wildman–Crippen LogP) is 3.47. The molecule has 0 radical (unpaired) electrons. The third-order valence-electron chi connectivity index (χ3n) is 2.96. The Balaban J connectivity index is 2.31. The van der Waals surface area contributed by atoms with E-state index in [1.54, 1.807) is 25.1 Å². The average Bonchev–Trinajstić information content (AvgIpc) is 2.50. The molecule has 0 spiro atoms. The van der Waals surface area contributed by atoms with Crippen molar-refractivity contribution in [3.05, 3.63) is 48.0 Å². The van der Waals surface area contributed by atoms with Crippen LogP contribution in [-0.2, 0) is 4.79 Å². The first-order chi connectivity index (χ1) is 10.5. The number of amides is 1. The topological polar surface area (TPSA) is 92.4 Å². The molecule has 0 fully saturated rings.